The highest BCUT2D eigenvalue weighted by atomic mass is 16.6. The lowest BCUT2D eigenvalue weighted by molar-refractivity contribution is -0.166. The fourth-order valence-electron chi connectivity index (χ4n) is 5.97. The van der Waals surface area contributed by atoms with Gasteiger partial charge in [0.05, 0.1) is 0 Å². The van der Waals surface area contributed by atoms with Gasteiger partial charge in [-0.05, 0) is 116 Å². The van der Waals surface area contributed by atoms with Crippen molar-refractivity contribution in [3.63, 3.8) is 0 Å². The lowest BCUT2D eigenvalue weighted by atomic mass is 10.1. The van der Waals surface area contributed by atoms with Gasteiger partial charge in [-0.1, -0.05) is 187 Å². The number of hydrogen-bond donors (Lipinski definition) is 0. The zero-order valence-electron chi connectivity index (χ0n) is 40.0. The minimum atomic E-state index is -0.833. The molecular weight excluding hydrogens is 781 g/mol. The zero-order chi connectivity index (χ0) is 45.8. The summed E-state index contributed by atoms with van der Waals surface area (Å²) in [6.07, 6.45) is 70.2. The number of unbranched alkanes of at least 4 members (excludes halogenated alkanes) is 9. The first kappa shape index (κ1) is 58.6. The van der Waals surface area contributed by atoms with Crippen LogP contribution in [0, 0.1) is 0 Å². The molecule has 0 fully saturated rings. The van der Waals surface area contributed by atoms with E-state index in [1.807, 2.05) is 12.2 Å². The monoisotopic (exact) mass is 869 g/mol. The summed E-state index contributed by atoms with van der Waals surface area (Å²) >= 11 is 0. The van der Waals surface area contributed by atoms with Gasteiger partial charge < -0.3 is 14.2 Å². The summed E-state index contributed by atoms with van der Waals surface area (Å²) in [5, 5.41) is 0. The highest BCUT2D eigenvalue weighted by molar-refractivity contribution is 5.71. The van der Waals surface area contributed by atoms with Crippen LogP contribution in [0.1, 0.15) is 188 Å². The molecule has 0 unspecified atom stereocenters. The Balaban J connectivity index is 4.57. The normalized spacial score (nSPS) is 13.3. The zero-order valence-corrected chi connectivity index (χ0v) is 40.0. The first-order valence-electron chi connectivity index (χ1n) is 24.7. The Morgan fingerprint density at radius 2 is 0.651 bits per heavy atom. The lowest BCUT2D eigenvalue weighted by Gasteiger charge is -2.18. The van der Waals surface area contributed by atoms with Gasteiger partial charge in [-0.15, -0.1) is 0 Å². The van der Waals surface area contributed by atoms with E-state index in [1.54, 1.807) is 0 Å². The van der Waals surface area contributed by atoms with Crippen LogP contribution in [0.4, 0.5) is 0 Å². The van der Waals surface area contributed by atoms with Gasteiger partial charge in [0.25, 0.3) is 0 Å². The topological polar surface area (TPSA) is 78.9 Å². The number of rotatable bonds is 42. The molecule has 63 heavy (non-hydrogen) atoms. The molecule has 0 N–H and O–H groups in total. The van der Waals surface area contributed by atoms with Gasteiger partial charge in [-0.25, -0.2) is 0 Å². The second-order valence-electron chi connectivity index (χ2n) is 15.6. The number of ether oxygens (including phenoxy) is 3. The molecule has 0 rings (SSSR count). The Labute approximate surface area is 385 Å². The Kier molecular flexibility index (Phi) is 46.7. The molecule has 6 heteroatoms. The molecule has 0 aliphatic carbocycles. The van der Waals surface area contributed by atoms with E-state index in [0.29, 0.717) is 12.8 Å². The number of carbonyl (C=O) groups is 3. The van der Waals surface area contributed by atoms with Crippen LogP contribution in [-0.2, 0) is 28.6 Å². The van der Waals surface area contributed by atoms with E-state index in [1.165, 1.54) is 12.8 Å². The van der Waals surface area contributed by atoms with Crippen molar-refractivity contribution in [3.05, 3.63) is 134 Å². The molecule has 0 aromatic carbocycles. The summed E-state index contributed by atoms with van der Waals surface area (Å²) in [4.78, 5) is 37.8. The Morgan fingerprint density at radius 3 is 1.11 bits per heavy atom. The van der Waals surface area contributed by atoms with E-state index < -0.39 is 6.10 Å². The van der Waals surface area contributed by atoms with Crippen molar-refractivity contribution in [2.24, 2.45) is 0 Å². The SMILES string of the molecule is CC/C=C\C/C=C\C/C=C\C/C=C\C/C=C\C/C=C\CCC(=O)OC[C@H](COC(=O)CCCC/C=C\C/C=C\C/C=C\C/C=C\CC)OC(=O)CCCCCCC/C=C\CCCC. The van der Waals surface area contributed by atoms with E-state index in [9.17, 15) is 14.4 Å². The molecule has 0 saturated heterocycles. The predicted molar refractivity (Wildman–Crippen MR) is 269 cm³/mol. The van der Waals surface area contributed by atoms with Gasteiger partial charge in [0.15, 0.2) is 6.10 Å². The van der Waals surface area contributed by atoms with Gasteiger partial charge in [0.2, 0.25) is 0 Å². The van der Waals surface area contributed by atoms with Crippen LogP contribution in [0.5, 0.6) is 0 Å². The quantitative estimate of drug-likeness (QED) is 0.0263. The summed E-state index contributed by atoms with van der Waals surface area (Å²) in [6.45, 7) is 6.23. The standard InChI is InChI=1S/C57H88O6/c1-4-7-10-13-16-19-22-24-26-27-28-29-31-33-36-38-41-44-47-50-56(59)62-53-54(63-57(60)51-48-45-42-39-34-21-18-15-12-9-6-3)52-61-55(58)49-46-43-40-37-35-32-30-25-23-20-17-14-11-8-5-2/h7-8,10-11,15-20,24-26,28-30,33,35-37,41,44,54H,4-6,9,12-14,21-23,27,31-32,34,38-40,42-43,45-53H2,1-3H3/b10-7-,11-8-,18-15-,19-16-,20-17-,26-24-,29-28-,30-25-,36-33-,37-35-,44-41-/t54-/m0/s1. The van der Waals surface area contributed by atoms with E-state index >= 15 is 0 Å². The average molecular weight is 869 g/mol. The molecule has 1 atom stereocenters. The maximum absolute atomic E-state index is 12.7. The number of carbonyl (C=O) groups excluding carboxylic acids is 3. The molecule has 0 heterocycles. The van der Waals surface area contributed by atoms with Gasteiger partial charge in [0.1, 0.15) is 13.2 Å². The summed E-state index contributed by atoms with van der Waals surface area (Å²) in [5.74, 6) is -1.08. The predicted octanol–water partition coefficient (Wildman–Crippen LogP) is 16.3. The van der Waals surface area contributed by atoms with E-state index in [-0.39, 0.29) is 50.4 Å². The van der Waals surface area contributed by atoms with Crippen LogP contribution in [0.15, 0.2) is 134 Å². The van der Waals surface area contributed by atoms with Crippen molar-refractivity contribution in [1.82, 2.24) is 0 Å². The van der Waals surface area contributed by atoms with Gasteiger partial charge in [0, 0.05) is 19.3 Å². The second-order valence-corrected chi connectivity index (χ2v) is 15.6. The first-order chi connectivity index (χ1) is 31.0. The largest absolute Gasteiger partial charge is 0.462 e. The lowest BCUT2D eigenvalue weighted by Crippen LogP contribution is -2.30. The minimum absolute atomic E-state index is 0.131. The molecular formula is C57H88O6. The van der Waals surface area contributed by atoms with Gasteiger partial charge in [-0.2, -0.15) is 0 Å². The molecule has 0 bridgehead atoms. The Morgan fingerprint density at radius 1 is 0.333 bits per heavy atom. The maximum Gasteiger partial charge on any atom is 0.306 e. The van der Waals surface area contributed by atoms with Crippen LogP contribution < -0.4 is 0 Å². The molecule has 0 amide bonds. The summed E-state index contributed by atoms with van der Waals surface area (Å²) in [7, 11) is 0. The van der Waals surface area contributed by atoms with Gasteiger partial charge >= 0.3 is 17.9 Å². The molecule has 0 spiro atoms. The molecule has 0 aliphatic heterocycles. The van der Waals surface area contributed by atoms with Gasteiger partial charge in [-0.3, -0.25) is 14.4 Å². The number of allylic oxidation sites excluding steroid dienone is 22. The fraction of sp³-hybridized carbons (Fsp3) is 0.561. The van der Waals surface area contributed by atoms with Crippen LogP contribution >= 0.6 is 0 Å². The number of hydrogen-bond acceptors (Lipinski definition) is 6. The van der Waals surface area contributed by atoms with Crippen LogP contribution in [-0.4, -0.2) is 37.2 Å². The van der Waals surface area contributed by atoms with Crippen LogP contribution in [0.2, 0.25) is 0 Å². The molecule has 0 radical (unpaired) electrons. The molecule has 0 saturated carbocycles. The second kappa shape index (κ2) is 50.2. The fourth-order valence-corrected chi connectivity index (χ4v) is 5.97. The smallest absolute Gasteiger partial charge is 0.306 e. The van der Waals surface area contributed by atoms with Crippen molar-refractivity contribution in [2.75, 3.05) is 13.2 Å². The van der Waals surface area contributed by atoms with E-state index in [2.05, 4.69) is 142 Å². The van der Waals surface area contributed by atoms with Crippen molar-refractivity contribution in [2.45, 2.75) is 194 Å². The van der Waals surface area contributed by atoms with Crippen molar-refractivity contribution in [1.29, 1.82) is 0 Å². The summed E-state index contributed by atoms with van der Waals surface area (Å²) in [6, 6.07) is 0. The van der Waals surface area contributed by atoms with Crippen LogP contribution in [0.3, 0.4) is 0 Å². The third kappa shape index (κ3) is 48.4. The van der Waals surface area contributed by atoms with Crippen molar-refractivity contribution >= 4 is 17.9 Å². The first-order valence-corrected chi connectivity index (χ1v) is 24.7. The molecule has 0 aromatic heterocycles. The molecule has 0 aliphatic rings. The third-order valence-corrected chi connectivity index (χ3v) is 9.63. The highest BCUT2D eigenvalue weighted by Gasteiger charge is 2.19. The summed E-state index contributed by atoms with van der Waals surface area (Å²) < 4.78 is 16.6. The maximum atomic E-state index is 12.7. The third-order valence-electron chi connectivity index (χ3n) is 9.63. The van der Waals surface area contributed by atoms with Crippen LogP contribution in [0.25, 0.3) is 0 Å². The Hall–Kier alpha value is -4.45. The average Bonchev–Trinajstić information content (AvgIpc) is 3.28. The molecule has 0 aromatic rings. The number of esters is 3. The van der Waals surface area contributed by atoms with E-state index in [4.69, 9.17) is 14.2 Å². The molecule has 352 valence electrons. The summed E-state index contributed by atoms with van der Waals surface area (Å²) in [5.41, 5.74) is 0. The highest BCUT2D eigenvalue weighted by Crippen LogP contribution is 2.11. The van der Waals surface area contributed by atoms with Crippen molar-refractivity contribution < 1.29 is 28.6 Å². The molecule has 6 nitrogen and oxygen atoms in total. The minimum Gasteiger partial charge on any atom is -0.462 e. The Bertz CT molecular complexity index is 1420. The van der Waals surface area contributed by atoms with Crippen molar-refractivity contribution in [3.8, 4) is 0 Å². The van der Waals surface area contributed by atoms with E-state index in [0.717, 1.165) is 122 Å².